The fourth-order valence-corrected chi connectivity index (χ4v) is 2.45. The maximum atomic E-state index is 11.8. The number of carbonyl (C=O) groups is 2. The molecule has 1 aromatic rings. The van der Waals surface area contributed by atoms with Crippen molar-refractivity contribution in [1.82, 2.24) is 0 Å². The van der Waals surface area contributed by atoms with Crippen molar-refractivity contribution in [3.8, 4) is 0 Å². The van der Waals surface area contributed by atoms with Gasteiger partial charge in [-0.05, 0) is 36.0 Å². The molecule has 0 unspecified atom stereocenters. The first-order chi connectivity index (χ1) is 10.2. The Morgan fingerprint density at radius 3 is 2.14 bits per heavy atom. The molecule has 0 heterocycles. The van der Waals surface area contributed by atoms with E-state index in [2.05, 4.69) is 0 Å². The van der Waals surface area contributed by atoms with Gasteiger partial charge < -0.3 is 9.47 Å². The highest BCUT2D eigenvalue weighted by Crippen LogP contribution is 2.31. The van der Waals surface area contributed by atoms with E-state index in [0.717, 1.165) is 24.0 Å². The topological polar surface area (TPSA) is 52.6 Å². The summed E-state index contributed by atoms with van der Waals surface area (Å²) in [5.74, 6) is -1.30. The molecule has 0 fully saturated rings. The molecule has 4 nitrogen and oxygen atoms in total. The first-order valence-corrected chi connectivity index (χ1v) is 6.83. The number of benzene rings is 1. The lowest BCUT2D eigenvalue weighted by molar-refractivity contribution is -0.144. The van der Waals surface area contributed by atoms with Gasteiger partial charge >= 0.3 is 11.9 Å². The van der Waals surface area contributed by atoms with Crippen LogP contribution in [0.5, 0.6) is 0 Å². The van der Waals surface area contributed by atoms with Crippen molar-refractivity contribution >= 4 is 17.5 Å². The van der Waals surface area contributed by atoms with Crippen molar-refractivity contribution in [2.45, 2.75) is 19.3 Å². The Morgan fingerprint density at radius 1 is 0.952 bits per heavy atom. The van der Waals surface area contributed by atoms with Crippen molar-refractivity contribution in [3.63, 3.8) is 0 Å². The molecule has 4 heteroatoms. The van der Waals surface area contributed by atoms with Gasteiger partial charge in [0, 0.05) is 0 Å². The molecule has 110 valence electrons. The number of hydrogen-bond acceptors (Lipinski definition) is 4. The van der Waals surface area contributed by atoms with Gasteiger partial charge in [-0.2, -0.15) is 0 Å². The van der Waals surface area contributed by atoms with E-state index < -0.39 is 11.9 Å². The average molecular weight is 286 g/mol. The Kier molecular flexibility index (Phi) is 4.93. The Morgan fingerprint density at radius 2 is 1.57 bits per heavy atom. The molecular formula is C17H18O4. The third-order valence-electron chi connectivity index (χ3n) is 3.49. The second-order valence-corrected chi connectivity index (χ2v) is 4.77. The van der Waals surface area contributed by atoms with Crippen molar-refractivity contribution in [2.75, 3.05) is 14.2 Å². The minimum atomic E-state index is -0.651. The molecule has 1 aliphatic rings. The Bertz CT molecular complexity index is 578. The van der Waals surface area contributed by atoms with E-state index in [-0.39, 0.29) is 5.57 Å². The van der Waals surface area contributed by atoms with Crippen LogP contribution >= 0.6 is 0 Å². The maximum Gasteiger partial charge on any atom is 0.345 e. The number of rotatable bonds is 3. The van der Waals surface area contributed by atoms with Crippen LogP contribution in [0.3, 0.4) is 0 Å². The van der Waals surface area contributed by atoms with Gasteiger partial charge in [-0.1, -0.05) is 36.4 Å². The zero-order valence-electron chi connectivity index (χ0n) is 12.2. The van der Waals surface area contributed by atoms with Crippen LogP contribution in [-0.2, 0) is 19.1 Å². The van der Waals surface area contributed by atoms with Gasteiger partial charge in [-0.25, -0.2) is 9.59 Å². The second kappa shape index (κ2) is 6.88. The molecule has 0 aliphatic heterocycles. The van der Waals surface area contributed by atoms with Crippen molar-refractivity contribution in [2.24, 2.45) is 0 Å². The number of allylic oxidation sites excluding steroid dienone is 3. The lowest BCUT2D eigenvalue weighted by Gasteiger charge is -2.17. The summed E-state index contributed by atoms with van der Waals surface area (Å²) < 4.78 is 9.41. The van der Waals surface area contributed by atoms with Crippen LogP contribution in [0.4, 0.5) is 0 Å². The molecule has 0 saturated carbocycles. The molecule has 0 atom stereocenters. The average Bonchev–Trinajstić information content (AvgIpc) is 2.55. The molecule has 0 spiro atoms. The van der Waals surface area contributed by atoms with E-state index in [0.29, 0.717) is 12.0 Å². The fourth-order valence-electron chi connectivity index (χ4n) is 2.45. The standard InChI is InChI=1S/C17H18O4/c1-20-16(18)15(17(19)21-2)14-10-6-9-13(11-14)12-7-4-3-5-8-12/h3-5,7-8,11H,6,9-10H2,1-2H3. The summed E-state index contributed by atoms with van der Waals surface area (Å²) in [5.41, 5.74) is 2.89. The normalized spacial score (nSPS) is 14.2. The van der Waals surface area contributed by atoms with Gasteiger partial charge in [-0.15, -0.1) is 0 Å². The van der Waals surface area contributed by atoms with Gasteiger partial charge in [0.25, 0.3) is 0 Å². The summed E-state index contributed by atoms with van der Waals surface area (Å²) in [4.78, 5) is 23.7. The van der Waals surface area contributed by atoms with Crippen LogP contribution < -0.4 is 0 Å². The monoisotopic (exact) mass is 286 g/mol. The number of carbonyl (C=O) groups excluding carboxylic acids is 2. The second-order valence-electron chi connectivity index (χ2n) is 4.77. The van der Waals surface area contributed by atoms with Crippen molar-refractivity contribution in [1.29, 1.82) is 0 Å². The number of ether oxygens (including phenoxy) is 2. The number of hydrogen-bond donors (Lipinski definition) is 0. The van der Waals surface area contributed by atoms with Gasteiger partial charge in [0.1, 0.15) is 5.57 Å². The quantitative estimate of drug-likeness (QED) is 0.371. The van der Waals surface area contributed by atoms with Gasteiger partial charge in [0.15, 0.2) is 0 Å². The van der Waals surface area contributed by atoms with E-state index in [9.17, 15) is 9.59 Å². The predicted molar refractivity (Wildman–Crippen MR) is 79.3 cm³/mol. The van der Waals surface area contributed by atoms with E-state index in [4.69, 9.17) is 9.47 Å². The molecule has 0 saturated heterocycles. The van der Waals surface area contributed by atoms with Crippen LogP contribution in [0, 0.1) is 0 Å². The summed E-state index contributed by atoms with van der Waals surface area (Å²) in [6, 6.07) is 9.93. The van der Waals surface area contributed by atoms with Crippen LogP contribution in [0.1, 0.15) is 24.8 Å². The van der Waals surface area contributed by atoms with Crippen LogP contribution in [0.15, 0.2) is 47.6 Å². The van der Waals surface area contributed by atoms with E-state index in [1.54, 1.807) is 0 Å². The van der Waals surface area contributed by atoms with Crippen LogP contribution in [0.2, 0.25) is 0 Å². The Hall–Kier alpha value is -2.36. The SMILES string of the molecule is COC(=O)C(C(=O)OC)=C1C=C(c2ccccc2)CCC1. The van der Waals surface area contributed by atoms with E-state index in [1.165, 1.54) is 14.2 Å². The molecule has 1 aromatic carbocycles. The van der Waals surface area contributed by atoms with Gasteiger partial charge in [0.2, 0.25) is 0 Å². The van der Waals surface area contributed by atoms with Gasteiger partial charge in [-0.3, -0.25) is 0 Å². The molecule has 21 heavy (non-hydrogen) atoms. The summed E-state index contributed by atoms with van der Waals surface area (Å²) >= 11 is 0. The lowest BCUT2D eigenvalue weighted by Crippen LogP contribution is -2.18. The minimum absolute atomic E-state index is 0.00636. The van der Waals surface area contributed by atoms with Gasteiger partial charge in [0.05, 0.1) is 14.2 Å². The molecule has 0 radical (unpaired) electrons. The van der Waals surface area contributed by atoms with Crippen LogP contribution in [0.25, 0.3) is 5.57 Å². The zero-order chi connectivity index (χ0) is 15.2. The van der Waals surface area contributed by atoms with Crippen molar-refractivity contribution in [3.05, 3.63) is 53.1 Å². The third kappa shape index (κ3) is 3.40. The minimum Gasteiger partial charge on any atom is -0.465 e. The number of methoxy groups -OCH3 is 2. The molecule has 0 N–H and O–H groups in total. The maximum absolute atomic E-state index is 11.8. The van der Waals surface area contributed by atoms with E-state index >= 15 is 0 Å². The third-order valence-corrected chi connectivity index (χ3v) is 3.49. The lowest BCUT2D eigenvalue weighted by atomic mass is 9.88. The Balaban J connectivity index is 2.47. The largest absolute Gasteiger partial charge is 0.465 e. The highest BCUT2D eigenvalue weighted by molar-refractivity contribution is 6.15. The zero-order valence-corrected chi connectivity index (χ0v) is 12.2. The fraction of sp³-hybridized carbons (Fsp3) is 0.294. The smallest absolute Gasteiger partial charge is 0.345 e. The highest BCUT2D eigenvalue weighted by Gasteiger charge is 2.25. The highest BCUT2D eigenvalue weighted by atomic mass is 16.5. The summed E-state index contributed by atoms with van der Waals surface area (Å²) in [6.45, 7) is 0. The Labute approximate surface area is 124 Å². The van der Waals surface area contributed by atoms with Crippen LogP contribution in [-0.4, -0.2) is 26.2 Å². The van der Waals surface area contributed by atoms with E-state index in [1.807, 2.05) is 36.4 Å². The predicted octanol–water partition coefficient (Wildman–Crippen LogP) is 2.90. The molecule has 0 bridgehead atoms. The molecule has 2 rings (SSSR count). The first kappa shape index (κ1) is 15.0. The van der Waals surface area contributed by atoms with Crippen molar-refractivity contribution < 1.29 is 19.1 Å². The summed E-state index contributed by atoms with van der Waals surface area (Å²) in [6.07, 6.45) is 4.37. The molecule has 0 amide bonds. The summed E-state index contributed by atoms with van der Waals surface area (Å²) in [5, 5.41) is 0. The number of esters is 2. The molecule has 1 aliphatic carbocycles. The first-order valence-electron chi connectivity index (χ1n) is 6.83. The summed E-state index contributed by atoms with van der Waals surface area (Å²) in [7, 11) is 2.52. The molecule has 0 aromatic heterocycles. The molecular weight excluding hydrogens is 268 g/mol.